The molecule has 0 spiro atoms. The second kappa shape index (κ2) is 5.67. The molecule has 0 unspecified atom stereocenters. The lowest BCUT2D eigenvalue weighted by atomic mass is 10.8. The van der Waals surface area contributed by atoms with Gasteiger partial charge in [0, 0.05) is 9.52 Å². The van der Waals surface area contributed by atoms with Gasteiger partial charge in [0.2, 0.25) is 0 Å². The molecular weight excluding hydrogens is 159 g/mol. The van der Waals surface area contributed by atoms with E-state index in [0.29, 0.717) is 0 Å². The highest BCUT2D eigenvalue weighted by Crippen LogP contribution is 2.07. The fraction of sp³-hybridized carbons (Fsp3) is 0.600. The predicted octanol–water partition coefficient (Wildman–Crippen LogP) is 1.98. The molecule has 0 saturated heterocycles. The van der Waals surface area contributed by atoms with Crippen molar-refractivity contribution in [2.45, 2.75) is 16.9 Å². The summed E-state index contributed by atoms with van der Waals surface area (Å²) in [6, 6.07) is 2.16. The monoisotopic (exact) mass is 168 g/mol. The van der Waals surface area contributed by atoms with Crippen molar-refractivity contribution in [3.05, 3.63) is 12.7 Å². The molecule has 0 atom stereocenters. The Labute approximate surface area is 62.7 Å². The summed E-state index contributed by atoms with van der Waals surface area (Å²) < 4.78 is 0. The Morgan fingerprint density at radius 2 is 2.25 bits per heavy atom. The maximum Gasteiger partial charge on any atom is 0.105 e. The molecular formula is C5H10Cl2Si. The summed E-state index contributed by atoms with van der Waals surface area (Å²) in [5.74, 6) is 0. The van der Waals surface area contributed by atoms with Gasteiger partial charge in [-0.3, -0.25) is 0 Å². The Hall–Kier alpha value is 0.537. The smallest absolute Gasteiger partial charge is 0.105 e. The highest BCUT2D eigenvalue weighted by Gasteiger charge is 1.95. The van der Waals surface area contributed by atoms with E-state index >= 15 is 0 Å². The van der Waals surface area contributed by atoms with Crippen molar-refractivity contribution in [3.63, 3.8) is 0 Å². The lowest BCUT2D eigenvalue weighted by Crippen LogP contribution is -1.92. The molecule has 8 heavy (non-hydrogen) atoms. The Morgan fingerprint density at radius 3 is 2.62 bits per heavy atom. The van der Waals surface area contributed by atoms with Crippen molar-refractivity contribution in [2.24, 2.45) is 0 Å². The maximum absolute atomic E-state index is 5.48. The Kier molecular flexibility index (Phi) is 6.05. The van der Waals surface area contributed by atoms with E-state index in [9.17, 15) is 0 Å². The average Bonchev–Trinajstić information content (AvgIpc) is 1.66. The highest BCUT2D eigenvalue weighted by molar-refractivity contribution is 6.50. The van der Waals surface area contributed by atoms with Gasteiger partial charge in [-0.2, -0.15) is 0 Å². The first-order chi connectivity index (χ1) is 3.77. The van der Waals surface area contributed by atoms with Crippen LogP contribution >= 0.6 is 23.2 Å². The molecule has 0 aliphatic carbocycles. The standard InChI is InChI=1S/C5H10Cl2Si/c1-2-3-8-4-5(6)7/h2,5H,1,3-4,8H2. The van der Waals surface area contributed by atoms with E-state index in [1.165, 1.54) is 0 Å². The summed E-state index contributed by atoms with van der Waals surface area (Å²) in [5.41, 5.74) is 0. The quantitative estimate of drug-likeness (QED) is 0.261. The maximum atomic E-state index is 5.48. The summed E-state index contributed by atoms with van der Waals surface area (Å²) >= 11 is 11.0. The summed E-state index contributed by atoms with van der Waals surface area (Å²) in [6.45, 7) is 3.61. The van der Waals surface area contributed by atoms with Crippen LogP contribution in [0.2, 0.25) is 12.1 Å². The summed E-state index contributed by atoms with van der Waals surface area (Å²) in [5, 5.41) is 0. The van der Waals surface area contributed by atoms with Crippen molar-refractivity contribution >= 4 is 32.7 Å². The van der Waals surface area contributed by atoms with Crippen molar-refractivity contribution < 1.29 is 0 Å². The molecule has 3 heteroatoms. The van der Waals surface area contributed by atoms with Crippen LogP contribution in [0.4, 0.5) is 0 Å². The molecule has 0 aromatic carbocycles. The number of alkyl halides is 2. The molecule has 0 N–H and O–H groups in total. The van der Waals surface area contributed by atoms with E-state index in [2.05, 4.69) is 6.58 Å². The molecule has 0 bridgehead atoms. The van der Waals surface area contributed by atoms with Crippen LogP contribution in [0.25, 0.3) is 0 Å². The molecule has 0 nitrogen and oxygen atoms in total. The second-order valence-electron chi connectivity index (χ2n) is 1.61. The van der Waals surface area contributed by atoms with Crippen molar-refractivity contribution in [2.75, 3.05) is 0 Å². The summed E-state index contributed by atoms with van der Waals surface area (Å²) in [7, 11) is -0.0181. The van der Waals surface area contributed by atoms with Gasteiger partial charge in [-0.05, 0) is 12.1 Å². The molecule has 0 aromatic heterocycles. The molecule has 0 amide bonds. The van der Waals surface area contributed by atoms with E-state index in [1.54, 1.807) is 0 Å². The largest absolute Gasteiger partial charge is 0.106 e. The minimum Gasteiger partial charge on any atom is -0.106 e. The number of hydrogen-bond donors (Lipinski definition) is 0. The molecule has 0 aliphatic rings. The Bertz CT molecular complexity index is 63.4. The highest BCUT2D eigenvalue weighted by atomic mass is 35.5. The van der Waals surface area contributed by atoms with Gasteiger partial charge < -0.3 is 0 Å². The van der Waals surface area contributed by atoms with Crippen LogP contribution in [0.3, 0.4) is 0 Å². The normalized spacial score (nSPS) is 11.4. The third-order valence-electron chi connectivity index (χ3n) is 0.831. The molecule has 0 aromatic rings. The van der Waals surface area contributed by atoms with E-state index in [4.69, 9.17) is 23.2 Å². The first-order valence-electron chi connectivity index (χ1n) is 2.66. The fourth-order valence-electron chi connectivity index (χ4n) is 0.416. The number of rotatable bonds is 4. The number of allylic oxidation sites excluding steroid dienone is 1. The fourth-order valence-corrected chi connectivity index (χ4v) is 2.18. The van der Waals surface area contributed by atoms with Gasteiger partial charge in [-0.1, -0.05) is 6.08 Å². The van der Waals surface area contributed by atoms with E-state index in [1.807, 2.05) is 6.08 Å². The molecule has 48 valence electrons. The van der Waals surface area contributed by atoms with Gasteiger partial charge in [-0.25, -0.2) is 0 Å². The first-order valence-corrected chi connectivity index (χ1v) is 5.53. The van der Waals surface area contributed by atoms with Gasteiger partial charge >= 0.3 is 0 Å². The summed E-state index contributed by atoms with van der Waals surface area (Å²) in [4.78, 5) is -0.137. The van der Waals surface area contributed by atoms with Crippen LogP contribution in [0, 0.1) is 0 Å². The minimum atomic E-state index is -0.137. The third kappa shape index (κ3) is 6.54. The van der Waals surface area contributed by atoms with Gasteiger partial charge in [0.05, 0.1) is 0 Å². The molecule has 0 radical (unpaired) electrons. The Morgan fingerprint density at radius 1 is 1.62 bits per heavy atom. The molecule has 0 rings (SSSR count). The van der Waals surface area contributed by atoms with Crippen molar-refractivity contribution in [3.8, 4) is 0 Å². The summed E-state index contributed by atoms with van der Waals surface area (Å²) in [6.07, 6.45) is 1.93. The SMILES string of the molecule is C=CC[SiH2]CC(Cl)Cl. The van der Waals surface area contributed by atoms with Crippen LogP contribution in [0.15, 0.2) is 12.7 Å². The zero-order valence-electron chi connectivity index (χ0n) is 4.74. The third-order valence-corrected chi connectivity index (χ3v) is 3.80. The minimum absolute atomic E-state index is 0.0181. The zero-order chi connectivity index (χ0) is 6.41. The van der Waals surface area contributed by atoms with Gasteiger partial charge in [0.1, 0.15) is 4.84 Å². The van der Waals surface area contributed by atoms with Crippen LogP contribution in [0.1, 0.15) is 0 Å². The van der Waals surface area contributed by atoms with Gasteiger partial charge in [-0.15, -0.1) is 29.8 Å². The molecule has 0 saturated carbocycles. The van der Waals surface area contributed by atoms with E-state index in [-0.39, 0.29) is 14.4 Å². The van der Waals surface area contributed by atoms with Crippen LogP contribution in [-0.2, 0) is 0 Å². The predicted molar refractivity (Wildman–Crippen MR) is 43.8 cm³/mol. The van der Waals surface area contributed by atoms with E-state index in [0.717, 1.165) is 12.1 Å². The van der Waals surface area contributed by atoms with Gasteiger partial charge in [0.15, 0.2) is 0 Å². The molecule has 0 fully saturated rings. The average molecular weight is 169 g/mol. The number of halogens is 2. The van der Waals surface area contributed by atoms with Crippen molar-refractivity contribution in [1.82, 2.24) is 0 Å². The van der Waals surface area contributed by atoms with E-state index < -0.39 is 0 Å². The lowest BCUT2D eigenvalue weighted by molar-refractivity contribution is 1.34. The van der Waals surface area contributed by atoms with Crippen LogP contribution in [0.5, 0.6) is 0 Å². The van der Waals surface area contributed by atoms with Gasteiger partial charge in [0.25, 0.3) is 0 Å². The lowest BCUT2D eigenvalue weighted by Gasteiger charge is -1.94. The topological polar surface area (TPSA) is 0 Å². The zero-order valence-corrected chi connectivity index (χ0v) is 7.67. The Balaban J connectivity index is 2.81. The first kappa shape index (κ1) is 8.54. The molecule has 0 aliphatic heterocycles. The second-order valence-corrected chi connectivity index (χ2v) is 4.75. The number of hydrogen-bond acceptors (Lipinski definition) is 0. The van der Waals surface area contributed by atoms with Crippen LogP contribution < -0.4 is 0 Å². The van der Waals surface area contributed by atoms with Crippen molar-refractivity contribution in [1.29, 1.82) is 0 Å². The van der Waals surface area contributed by atoms with Crippen LogP contribution in [-0.4, -0.2) is 14.4 Å². The molecule has 0 heterocycles.